The summed E-state index contributed by atoms with van der Waals surface area (Å²) in [6.07, 6.45) is 0.735. The summed E-state index contributed by atoms with van der Waals surface area (Å²) in [4.78, 5) is 3.95. The Balaban J connectivity index is 2.80. The Hall–Kier alpha value is -0.850. The molecule has 1 aromatic rings. The van der Waals surface area contributed by atoms with Crippen LogP contribution in [0.25, 0.3) is 0 Å². The van der Waals surface area contributed by atoms with Crippen molar-refractivity contribution < 1.29 is 8.42 Å². The molecule has 16 heavy (non-hydrogen) atoms. The van der Waals surface area contributed by atoms with Crippen molar-refractivity contribution in [2.24, 2.45) is 0 Å². The second-order valence-electron chi connectivity index (χ2n) is 3.27. The van der Waals surface area contributed by atoms with E-state index in [0.717, 1.165) is 6.42 Å². The maximum atomic E-state index is 11.5. The standard InChI is InChI=1S/C9H14ClN3O2S/c1-3-6-11-16(14,15)13-8-4-5-9(10)12-7(8)2/h4-5,11,13H,3,6H2,1-2H3. The van der Waals surface area contributed by atoms with Gasteiger partial charge in [0.15, 0.2) is 0 Å². The number of halogens is 1. The minimum atomic E-state index is -3.52. The van der Waals surface area contributed by atoms with Gasteiger partial charge < -0.3 is 0 Å². The molecular formula is C9H14ClN3O2S. The van der Waals surface area contributed by atoms with Crippen LogP contribution in [0.4, 0.5) is 5.69 Å². The summed E-state index contributed by atoms with van der Waals surface area (Å²) < 4.78 is 27.8. The minimum Gasteiger partial charge on any atom is -0.269 e. The van der Waals surface area contributed by atoms with Crippen molar-refractivity contribution in [3.05, 3.63) is 23.0 Å². The molecule has 1 heterocycles. The lowest BCUT2D eigenvalue weighted by Crippen LogP contribution is -2.31. The Bertz CT molecular complexity index is 462. The smallest absolute Gasteiger partial charge is 0.269 e. The third-order valence-corrected chi connectivity index (χ3v) is 3.12. The summed E-state index contributed by atoms with van der Waals surface area (Å²) in [5.74, 6) is 0. The van der Waals surface area contributed by atoms with Crippen LogP contribution in [0.1, 0.15) is 19.0 Å². The number of anilines is 1. The molecule has 0 radical (unpaired) electrons. The van der Waals surface area contributed by atoms with Gasteiger partial charge in [-0.2, -0.15) is 13.1 Å². The average Bonchev–Trinajstić information content (AvgIpc) is 2.19. The molecular weight excluding hydrogens is 250 g/mol. The lowest BCUT2D eigenvalue weighted by molar-refractivity contribution is 0.586. The molecule has 0 saturated heterocycles. The van der Waals surface area contributed by atoms with Gasteiger partial charge in [0.05, 0.1) is 11.4 Å². The van der Waals surface area contributed by atoms with Crippen LogP contribution in [0.3, 0.4) is 0 Å². The Morgan fingerprint density at radius 1 is 1.44 bits per heavy atom. The molecule has 0 saturated carbocycles. The van der Waals surface area contributed by atoms with Crippen molar-refractivity contribution in [1.29, 1.82) is 0 Å². The first-order valence-corrected chi connectivity index (χ1v) is 6.71. The maximum absolute atomic E-state index is 11.5. The van der Waals surface area contributed by atoms with Gasteiger partial charge in [-0.1, -0.05) is 18.5 Å². The normalized spacial score (nSPS) is 11.4. The average molecular weight is 264 g/mol. The largest absolute Gasteiger partial charge is 0.299 e. The predicted octanol–water partition coefficient (Wildman–Crippen LogP) is 1.70. The molecule has 0 aliphatic carbocycles. The number of pyridine rings is 1. The maximum Gasteiger partial charge on any atom is 0.299 e. The number of aryl methyl sites for hydroxylation is 1. The van der Waals surface area contributed by atoms with Gasteiger partial charge in [0.2, 0.25) is 0 Å². The lowest BCUT2D eigenvalue weighted by Gasteiger charge is -2.10. The molecule has 0 unspecified atom stereocenters. The lowest BCUT2D eigenvalue weighted by atomic mass is 10.3. The van der Waals surface area contributed by atoms with Crippen LogP contribution in [0.2, 0.25) is 5.15 Å². The molecule has 0 aliphatic heterocycles. The summed E-state index contributed by atoms with van der Waals surface area (Å²) in [5.41, 5.74) is 0.961. The number of aromatic nitrogens is 1. The van der Waals surface area contributed by atoms with Crippen molar-refractivity contribution in [2.75, 3.05) is 11.3 Å². The summed E-state index contributed by atoms with van der Waals surface area (Å²) in [5, 5.41) is 0.335. The van der Waals surface area contributed by atoms with Gasteiger partial charge in [0.25, 0.3) is 10.2 Å². The van der Waals surface area contributed by atoms with Gasteiger partial charge >= 0.3 is 0 Å². The molecule has 5 nitrogen and oxygen atoms in total. The van der Waals surface area contributed by atoms with Crippen molar-refractivity contribution in [3.63, 3.8) is 0 Å². The number of nitrogens with one attached hydrogen (secondary N) is 2. The minimum absolute atomic E-state index is 0.335. The molecule has 7 heteroatoms. The van der Waals surface area contributed by atoms with E-state index in [1.807, 2.05) is 6.92 Å². The molecule has 0 bridgehead atoms. The van der Waals surface area contributed by atoms with E-state index >= 15 is 0 Å². The first-order valence-electron chi connectivity index (χ1n) is 4.85. The van der Waals surface area contributed by atoms with Crippen LogP contribution in [0.5, 0.6) is 0 Å². The second kappa shape index (κ2) is 5.47. The quantitative estimate of drug-likeness (QED) is 0.795. The number of rotatable bonds is 5. The zero-order valence-corrected chi connectivity index (χ0v) is 10.7. The van der Waals surface area contributed by atoms with Crippen molar-refractivity contribution in [3.8, 4) is 0 Å². The van der Waals surface area contributed by atoms with E-state index in [1.54, 1.807) is 13.0 Å². The predicted molar refractivity (Wildman–Crippen MR) is 64.8 cm³/mol. The molecule has 0 amide bonds. The fourth-order valence-electron chi connectivity index (χ4n) is 1.06. The third-order valence-electron chi connectivity index (χ3n) is 1.84. The van der Waals surface area contributed by atoms with Gasteiger partial charge in [-0.3, -0.25) is 4.72 Å². The van der Waals surface area contributed by atoms with Gasteiger partial charge in [0.1, 0.15) is 5.15 Å². The van der Waals surface area contributed by atoms with Crippen LogP contribution >= 0.6 is 11.6 Å². The Morgan fingerprint density at radius 2 is 2.12 bits per heavy atom. The first-order chi connectivity index (χ1) is 7.44. The van der Waals surface area contributed by atoms with E-state index in [4.69, 9.17) is 11.6 Å². The zero-order valence-electron chi connectivity index (χ0n) is 9.12. The van der Waals surface area contributed by atoms with Crippen molar-refractivity contribution >= 4 is 27.5 Å². The van der Waals surface area contributed by atoms with E-state index in [1.165, 1.54) is 6.07 Å². The number of hydrogen-bond donors (Lipinski definition) is 2. The van der Waals surface area contributed by atoms with E-state index in [0.29, 0.717) is 23.1 Å². The van der Waals surface area contributed by atoms with E-state index < -0.39 is 10.2 Å². The second-order valence-corrected chi connectivity index (χ2v) is 5.15. The van der Waals surface area contributed by atoms with Gasteiger partial charge in [0, 0.05) is 6.54 Å². The van der Waals surface area contributed by atoms with Gasteiger partial charge in [-0.25, -0.2) is 4.98 Å². The molecule has 0 spiro atoms. The fraction of sp³-hybridized carbons (Fsp3) is 0.444. The Kier molecular flexibility index (Phi) is 4.52. The third kappa shape index (κ3) is 3.96. The van der Waals surface area contributed by atoms with Crippen LogP contribution in [-0.4, -0.2) is 19.9 Å². The summed E-state index contributed by atoms with van der Waals surface area (Å²) in [6, 6.07) is 3.11. The number of nitrogens with zero attached hydrogens (tertiary/aromatic N) is 1. The number of hydrogen-bond acceptors (Lipinski definition) is 3. The summed E-state index contributed by atoms with van der Waals surface area (Å²) >= 11 is 5.67. The van der Waals surface area contributed by atoms with E-state index in [9.17, 15) is 8.42 Å². The van der Waals surface area contributed by atoms with Crippen LogP contribution < -0.4 is 9.44 Å². The van der Waals surface area contributed by atoms with Crippen LogP contribution in [0.15, 0.2) is 12.1 Å². The highest BCUT2D eigenvalue weighted by Gasteiger charge is 2.10. The molecule has 1 rings (SSSR count). The molecule has 0 aromatic carbocycles. The fourth-order valence-corrected chi connectivity index (χ4v) is 2.30. The van der Waals surface area contributed by atoms with E-state index in [-0.39, 0.29) is 0 Å². The van der Waals surface area contributed by atoms with Gasteiger partial charge in [-0.15, -0.1) is 0 Å². The summed E-state index contributed by atoms with van der Waals surface area (Å²) in [6.45, 7) is 3.97. The van der Waals surface area contributed by atoms with Gasteiger partial charge in [-0.05, 0) is 25.5 Å². The van der Waals surface area contributed by atoms with Crippen LogP contribution in [0, 0.1) is 6.92 Å². The first kappa shape index (κ1) is 13.2. The van der Waals surface area contributed by atoms with E-state index in [2.05, 4.69) is 14.4 Å². The zero-order chi connectivity index (χ0) is 12.2. The SMILES string of the molecule is CCCNS(=O)(=O)Nc1ccc(Cl)nc1C. The Morgan fingerprint density at radius 3 is 2.69 bits per heavy atom. The molecule has 1 aromatic heterocycles. The molecule has 0 fully saturated rings. The highest BCUT2D eigenvalue weighted by molar-refractivity contribution is 7.90. The highest BCUT2D eigenvalue weighted by atomic mass is 35.5. The topological polar surface area (TPSA) is 71.1 Å². The van der Waals surface area contributed by atoms with Crippen molar-refractivity contribution in [1.82, 2.24) is 9.71 Å². The molecule has 0 aliphatic rings. The monoisotopic (exact) mass is 263 g/mol. The highest BCUT2D eigenvalue weighted by Crippen LogP contribution is 2.16. The summed E-state index contributed by atoms with van der Waals surface area (Å²) in [7, 11) is -3.52. The molecule has 90 valence electrons. The molecule has 0 atom stereocenters. The van der Waals surface area contributed by atoms with Crippen molar-refractivity contribution in [2.45, 2.75) is 20.3 Å². The molecule has 2 N–H and O–H groups in total. The Labute approximate surface area is 100 Å². The van der Waals surface area contributed by atoms with Crippen LogP contribution in [-0.2, 0) is 10.2 Å².